The summed E-state index contributed by atoms with van der Waals surface area (Å²) >= 11 is 0. The third-order valence-corrected chi connectivity index (χ3v) is 4.73. The van der Waals surface area contributed by atoms with Crippen LogP contribution in [0, 0.1) is 6.92 Å². The normalized spacial score (nSPS) is 10.7. The molecule has 0 bridgehead atoms. The molecule has 29 heavy (non-hydrogen) atoms. The van der Waals surface area contributed by atoms with Gasteiger partial charge in [-0.2, -0.15) is 0 Å². The molecule has 0 unspecified atom stereocenters. The molecule has 0 spiro atoms. The Morgan fingerprint density at radius 2 is 1.72 bits per heavy atom. The highest BCUT2D eigenvalue weighted by Gasteiger charge is 2.14. The molecule has 5 heteroatoms. The lowest BCUT2D eigenvalue weighted by Crippen LogP contribution is -2.15. The van der Waals surface area contributed by atoms with Gasteiger partial charge in [-0.15, -0.1) is 0 Å². The van der Waals surface area contributed by atoms with Crippen molar-refractivity contribution in [1.82, 2.24) is 4.98 Å². The molecule has 2 aromatic carbocycles. The number of hydrogen-bond acceptors (Lipinski definition) is 4. The van der Waals surface area contributed by atoms with Crippen molar-refractivity contribution in [2.45, 2.75) is 33.6 Å². The van der Waals surface area contributed by atoms with Crippen molar-refractivity contribution in [3.05, 3.63) is 83.0 Å². The Morgan fingerprint density at radius 3 is 2.45 bits per heavy atom. The fraction of sp³-hybridized carbons (Fsp3) is 0.208. The molecule has 0 radical (unpaired) electrons. The SMILES string of the molecule is CC(=O)c1cccc(Nc2cc(C(=O)Nc3c(C)cccc3C(C)C)ccn2)c1. The van der Waals surface area contributed by atoms with Gasteiger partial charge in [0.25, 0.3) is 5.91 Å². The Kier molecular flexibility index (Phi) is 6.07. The van der Waals surface area contributed by atoms with E-state index in [1.165, 1.54) is 6.92 Å². The summed E-state index contributed by atoms with van der Waals surface area (Å²) in [6.45, 7) is 7.73. The molecule has 3 rings (SSSR count). The molecule has 1 heterocycles. The second-order valence-electron chi connectivity index (χ2n) is 7.34. The van der Waals surface area contributed by atoms with Crippen molar-refractivity contribution in [2.75, 3.05) is 10.6 Å². The van der Waals surface area contributed by atoms with Crippen molar-refractivity contribution in [3.8, 4) is 0 Å². The number of pyridine rings is 1. The van der Waals surface area contributed by atoms with Crippen molar-refractivity contribution in [2.24, 2.45) is 0 Å². The monoisotopic (exact) mass is 387 g/mol. The molecule has 0 atom stereocenters. The van der Waals surface area contributed by atoms with E-state index < -0.39 is 0 Å². The van der Waals surface area contributed by atoms with Crippen molar-refractivity contribution < 1.29 is 9.59 Å². The Bertz CT molecular complexity index is 1060. The van der Waals surface area contributed by atoms with Crippen LogP contribution in [0.3, 0.4) is 0 Å². The summed E-state index contributed by atoms with van der Waals surface area (Å²) in [5.41, 5.74) is 4.84. The molecule has 148 valence electrons. The van der Waals surface area contributed by atoms with E-state index in [0.29, 0.717) is 22.9 Å². The molecule has 0 fully saturated rings. The average Bonchev–Trinajstić information content (AvgIpc) is 2.69. The van der Waals surface area contributed by atoms with Crippen LogP contribution in [0.25, 0.3) is 0 Å². The zero-order valence-corrected chi connectivity index (χ0v) is 17.1. The van der Waals surface area contributed by atoms with Crippen LogP contribution in [0.4, 0.5) is 17.2 Å². The van der Waals surface area contributed by atoms with Crippen LogP contribution in [0.2, 0.25) is 0 Å². The molecule has 1 aromatic heterocycles. The number of hydrogen-bond donors (Lipinski definition) is 2. The van der Waals surface area contributed by atoms with Crippen molar-refractivity contribution >= 4 is 28.9 Å². The number of rotatable bonds is 6. The highest BCUT2D eigenvalue weighted by molar-refractivity contribution is 6.05. The van der Waals surface area contributed by atoms with E-state index in [1.54, 1.807) is 36.5 Å². The lowest BCUT2D eigenvalue weighted by Gasteiger charge is -2.16. The minimum absolute atomic E-state index is 0.00562. The van der Waals surface area contributed by atoms with Gasteiger partial charge in [0.15, 0.2) is 5.78 Å². The highest BCUT2D eigenvalue weighted by atomic mass is 16.1. The number of ketones is 1. The Balaban J connectivity index is 1.82. The third kappa shape index (κ3) is 4.88. The molecule has 0 aliphatic rings. The van der Waals surface area contributed by atoms with E-state index in [1.807, 2.05) is 31.2 Å². The summed E-state index contributed by atoms with van der Waals surface area (Å²) in [6.07, 6.45) is 1.59. The van der Waals surface area contributed by atoms with Gasteiger partial charge in [-0.25, -0.2) is 4.98 Å². The van der Waals surface area contributed by atoms with Crippen LogP contribution < -0.4 is 10.6 Å². The van der Waals surface area contributed by atoms with Crippen LogP contribution in [-0.2, 0) is 0 Å². The number of Topliss-reactive ketones (excluding diaryl/α,β-unsaturated/α-hetero) is 1. The maximum Gasteiger partial charge on any atom is 0.255 e. The number of benzene rings is 2. The number of carbonyl (C=O) groups excluding carboxylic acids is 2. The van der Waals surface area contributed by atoms with E-state index in [0.717, 1.165) is 22.5 Å². The largest absolute Gasteiger partial charge is 0.340 e. The summed E-state index contributed by atoms with van der Waals surface area (Å²) in [7, 11) is 0. The van der Waals surface area contributed by atoms with Gasteiger partial charge in [-0.1, -0.05) is 44.2 Å². The van der Waals surface area contributed by atoms with E-state index in [4.69, 9.17) is 0 Å². The molecule has 3 aromatic rings. The molecule has 0 aliphatic carbocycles. The number of aryl methyl sites for hydroxylation is 1. The Hall–Kier alpha value is -3.47. The van der Waals surface area contributed by atoms with Crippen LogP contribution in [0.15, 0.2) is 60.8 Å². The van der Waals surface area contributed by atoms with Gasteiger partial charge in [0.2, 0.25) is 0 Å². The highest BCUT2D eigenvalue weighted by Crippen LogP contribution is 2.28. The minimum Gasteiger partial charge on any atom is -0.340 e. The molecule has 0 saturated heterocycles. The molecule has 0 saturated carbocycles. The first-order chi connectivity index (χ1) is 13.8. The molecule has 5 nitrogen and oxygen atoms in total. The van der Waals surface area contributed by atoms with Gasteiger partial charge in [-0.05, 0) is 55.2 Å². The standard InChI is InChI=1S/C24H25N3O2/c1-15(2)21-10-5-7-16(3)23(21)27-24(29)19-11-12-25-22(14-19)26-20-9-6-8-18(13-20)17(4)28/h5-15H,1-4H3,(H,25,26)(H,27,29). The second-order valence-corrected chi connectivity index (χ2v) is 7.34. The molecule has 0 aliphatic heterocycles. The van der Waals surface area contributed by atoms with Gasteiger partial charge < -0.3 is 10.6 Å². The van der Waals surface area contributed by atoms with Crippen LogP contribution >= 0.6 is 0 Å². The number of para-hydroxylation sites is 1. The first-order valence-electron chi connectivity index (χ1n) is 9.60. The molecular formula is C24H25N3O2. The summed E-state index contributed by atoms with van der Waals surface area (Å²) in [5.74, 6) is 0.638. The number of nitrogens with one attached hydrogen (secondary N) is 2. The van der Waals surface area contributed by atoms with Crippen LogP contribution in [0.5, 0.6) is 0 Å². The molecular weight excluding hydrogens is 362 g/mol. The van der Waals surface area contributed by atoms with Crippen molar-refractivity contribution in [1.29, 1.82) is 0 Å². The number of amides is 1. The summed E-state index contributed by atoms with van der Waals surface area (Å²) in [6, 6.07) is 16.6. The molecule has 1 amide bonds. The average molecular weight is 387 g/mol. The van der Waals surface area contributed by atoms with Crippen molar-refractivity contribution in [3.63, 3.8) is 0 Å². The smallest absolute Gasteiger partial charge is 0.255 e. The number of anilines is 3. The maximum absolute atomic E-state index is 12.9. The lowest BCUT2D eigenvalue weighted by atomic mass is 9.98. The van der Waals surface area contributed by atoms with Crippen LogP contribution in [0.1, 0.15) is 58.5 Å². The maximum atomic E-state index is 12.9. The quantitative estimate of drug-likeness (QED) is 0.531. The summed E-state index contributed by atoms with van der Waals surface area (Å²) < 4.78 is 0. The number of carbonyl (C=O) groups is 2. The van der Waals surface area contributed by atoms with E-state index >= 15 is 0 Å². The zero-order chi connectivity index (χ0) is 21.0. The van der Waals surface area contributed by atoms with Crippen LogP contribution in [-0.4, -0.2) is 16.7 Å². The minimum atomic E-state index is -0.191. The van der Waals surface area contributed by atoms with Gasteiger partial charge in [0.1, 0.15) is 5.82 Å². The lowest BCUT2D eigenvalue weighted by molar-refractivity contribution is 0.101. The van der Waals surface area contributed by atoms with Gasteiger partial charge >= 0.3 is 0 Å². The number of aromatic nitrogens is 1. The molecule has 2 N–H and O–H groups in total. The van der Waals surface area contributed by atoms with E-state index in [9.17, 15) is 9.59 Å². The predicted octanol–water partition coefficient (Wildman–Crippen LogP) is 5.71. The summed E-state index contributed by atoms with van der Waals surface area (Å²) in [4.78, 5) is 28.7. The zero-order valence-electron chi connectivity index (χ0n) is 17.1. The third-order valence-electron chi connectivity index (χ3n) is 4.73. The fourth-order valence-corrected chi connectivity index (χ4v) is 3.13. The predicted molar refractivity (Wildman–Crippen MR) is 117 cm³/mol. The summed E-state index contributed by atoms with van der Waals surface area (Å²) in [5, 5.41) is 6.21. The Morgan fingerprint density at radius 1 is 0.966 bits per heavy atom. The van der Waals surface area contributed by atoms with Gasteiger partial charge in [0.05, 0.1) is 0 Å². The van der Waals surface area contributed by atoms with E-state index in [-0.39, 0.29) is 11.7 Å². The Labute approximate surface area is 171 Å². The van der Waals surface area contributed by atoms with Gasteiger partial charge in [0, 0.05) is 28.7 Å². The topological polar surface area (TPSA) is 71.1 Å². The first-order valence-corrected chi connectivity index (χ1v) is 9.60. The first kappa shape index (κ1) is 20.3. The van der Waals surface area contributed by atoms with Gasteiger partial charge in [-0.3, -0.25) is 9.59 Å². The van der Waals surface area contributed by atoms with E-state index in [2.05, 4.69) is 29.5 Å². The fourth-order valence-electron chi connectivity index (χ4n) is 3.13. The number of nitrogens with zero attached hydrogens (tertiary/aromatic N) is 1. The second kappa shape index (κ2) is 8.69.